The van der Waals surface area contributed by atoms with E-state index in [1.54, 1.807) is 0 Å². The Morgan fingerprint density at radius 1 is 1.27 bits per heavy atom. The average Bonchev–Trinajstić information content (AvgIpc) is 3.64. The molecule has 30 heavy (non-hydrogen) atoms. The van der Waals surface area contributed by atoms with Gasteiger partial charge >= 0.3 is 6.01 Å². The predicted octanol–water partition coefficient (Wildman–Crippen LogP) is 3.71. The molecule has 1 saturated heterocycles. The number of para-hydroxylation sites is 1. The van der Waals surface area contributed by atoms with Crippen molar-refractivity contribution in [3.05, 3.63) is 36.4 Å². The normalized spacial score (nSPS) is 20.5. The molecule has 1 amide bonds. The number of amides is 1. The number of hydrogen-bond donors (Lipinski definition) is 2. The van der Waals surface area contributed by atoms with E-state index in [-0.39, 0.29) is 11.9 Å². The average molecular weight is 409 g/mol. The highest BCUT2D eigenvalue weighted by atomic mass is 16.4. The van der Waals surface area contributed by atoms with E-state index in [4.69, 9.17) is 4.42 Å². The van der Waals surface area contributed by atoms with Gasteiger partial charge in [0.25, 0.3) is 0 Å². The number of carbonyl (C=O) groups excluding carboxylic acids is 1. The molecule has 0 radical (unpaired) electrons. The smallest absolute Gasteiger partial charge is 0.315 e. The summed E-state index contributed by atoms with van der Waals surface area (Å²) in [6.45, 7) is 3.59. The van der Waals surface area contributed by atoms with Crippen LogP contribution in [0.2, 0.25) is 0 Å². The largest absolute Gasteiger partial charge is 0.411 e. The maximum absolute atomic E-state index is 12.2. The molecule has 2 saturated carbocycles. The van der Waals surface area contributed by atoms with Crippen LogP contribution in [0.15, 0.2) is 35.2 Å². The van der Waals surface area contributed by atoms with E-state index >= 15 is 0 Å². The molecule has 1 unspecified atom stereocenters. The van der Waals surface area contributed by atoms with Crippen molar-refractivity contribution >= 4 is 22.8 Å². The molecule has 8 nitrogen and oxygen atoms in total. The summed E-state index contributed by atoms with van der Waals surface area (Å²) in [5.41, 5.74) is 3.28. The van der Waals surface area contributed by atoms with Crippen LogP contribution in [-0.4, -0.2) is 50.3 Å². The fourth-order valence-electron chi connectivity index (χ4n) is 4.36. The first-order valence-electron chi connectivity index (χ1n) is 10.9. The minimum atomic E-state index is -0.321. The van der Waals surface area contributed by atoms with Crippen LogP contribution in [0, 0.1) is 5.41 Å². The zero-order chi connectivity index (χ0) is 20.6. The van der Waals surface area contributed by atoms with Gasteiger partial charge in [0.2, 0.25) is 12.3 Å². The van der Waals surface area contributed by atoms with Gasteiger partial charge in [-0.05, 0) is 62.3 Å². The van der Waals surface area contributed by atoms with Gasteiger partial charge in [-0.1, -0.05) is 23.3 Å². The lowest BCUT2D eigenvalue weighted by Gasteiger charge is -2.33. The molecule has 158 valence electrons. The number of aromatic nitrogens is 4. The van der Waals surface area contributed by atoms with Gasteiger partial charge < -0.3 is 14.6 Å². The number of aromatic amines is 1. The van der Waals surface area contributed by atoms with Crippen LogP contribution in [0.1, 0.15) is 56.9 Å². The van der Waals surface area contributed by atoms with E-state index < -0.39 is 0 Å². The molecule has 1 atom stereocenters. The van der Waals surface area contributed by atoms with Gasteiger partial charge in [-0.2, -0.15) is 5.10 Å². The number of piperidine rings is 1. The summed E-state index contributed by atoms with van der Waals surface area (Å²) in [6, 6.07) is 6.40. The second-order valence-corrected chi connectivity index (χ2v) is 8.89. The summed E-state index contributed by atoms with van der Waals surface area (Å²) in [4.78, 5) is 14.2. The molecule has 1 aliphatic heterocycles. The Balaban J connectivity index is 0.000000139. The molecule has 8 heteroatoms. The highest BCUT2D eigenvalue weighted by molar-refractivity contribution is 5.84. The van der Waals surface area contributed by atoms with E-state index in [0.29, 0.717) is 11.4 Å². The number of likely N-dealkylation sites (tertiary alicyclic amines) is 1. The lowest BCUT2D eigenvalue weighted by molar-refractivity contribution is -0.133. The number of benzene rings is 1. The lowest BCUT2D eigenvalue weighted by Crippen LogP contribution is -2.45. The Bertz CT molecular complexity index is 996. The van der Waals surface area contributed by atoms with Crippen molar-refractivity contribution in [1.82, 2.24) is 25.3 Å². The van der Waals surface area contributed by atoms with Crippen LogP contribution in [0.4, 0.5) is 6.01 Å². The minimum absolute atomic E-state index is 0.115. The van der Waals surface area contributed by atoms with Crippen molar-refractivity contribution in [2.75, 3.05) is 18.4 Å². The van der Waals surface area contributed by atoms with Crippen molar-refractivity contribution in [3.8, 4) is 0 Å². The minimum Gasteiger partial charge on any atom is -0.411 e. The molecule has 2 aromatic heterocycles. The van der Waals surface area contributed by atoms with Crippen LogP contribution in [-0.2, 0) is 4.79 Å². The molecule has 1 aromatic carbocycles. The summed E-state index contributed by atoms with van der Waals surface area (Å²) in [5, 5.41) is 18.6. The molecule has 3 fully saturated rings. The predicted molar refractivity (Wildman–Crippen MR) is 113 cm³/mol. The van der Waals surface area contributed by atoms with E-state index in [1.807, 2.05) is 18.0 Å². The molecule has 3 aromatic rings. The molecular formula is C22H28N6O2. The summed E-state index contributed by atoms with van der Waals surface area (Å²) < 4.78 is 4.98. The highest BCUT2D eigenvalue weighted by Crippen LogP contribution is 2.53. The molecule has 6 rings (SSSR count). The molecule has 3 heterocycles. The zero-order valence-corrected chi connectivity index (χ0v) is 17.3. The number of carbonyl (C=O) groups is 1. The molecular weight excluding hydrogens is 380 g/mol. The second-order valence-electron chi connectivity index (χ2n) is 8.89. The quantitative estimate of drug-likeness (QED) is 0.683. The number of nitrogens with one attached hydrogen (secondary N) is 2. The van der Waals surface area contributed by atoms with E-state index in [2.05, 4.69) is 43.9 Å². The van der Waals surface area contributed by atoms with Gasteiger partial charge in [0.15, 0.2) is 0 Å². The fourth-order valence-corrected chi connectivity index (χ4v) is 4.36. The molecule has 3 aliphatic rings. The van der Waals surface area contributed by atoms with Crippen LogP contribution in [0.5, 0.6) is 0 Å². The Morgan fingerprint density at radius 2 is 2.07 bits per heavy atom. The van der Waals surface area contributed by atoms with Gasteiger partial charge in [0, 0.05) is 18.5 Å². The van der Waals surface area contributed by atoms with Crippen LogP contribution >= 0.6 is 0 Å². The van der Waals surface area contributed by atoms with Crippen molar-refractivity contribution < 1.29 is 9.21 Å². The van der Waals surface area contributed by atoms with Gasteiger partial charge in [0.05, 0.1) is 11.7 Å². The number of anilines is 1. The standard InChI is InChI=1S/C12H18N4O2.C10H10N2/c1-9(14-11-15-13-8-18-11)10(17)16-6-4-12(2-3-12)5-7-16;1-2-8-6-11-12-10(8)9(3-1)7-4-5-7/h8-9H,2-7H2,1H3,(H,14,15);1-3,6-7H,4-5H2,(H,11,12). The topological polar surface area (TPSA) is 99.9 Å². The van der Waals surface area contributed by atoms with Gasteiger partial charge in [-0.3, -0.25) is 9.89 Å². The van der Waals surface area contributed by atoms with E-state index in [9.17, 15) is 4.79 Å². The van der Waals surface area contributed by atoms with Crippen molar-refractivity contribution in [1.29, 1.82) is 0 Å². The second kappa shape index (κ2) is 7.74. The fraction of sp³-hybridized carbons (Fsp3) is 0.545. The lowest BCUT2D eigenvalue weighted by atomic mass is 9.93. The number of nitrogens with zero attached hydrogens (tertiary/aromatic N) is 4. The molecule has 0 bridgehead atoms. The summed E-state index contributed by atoms with van der Waals surface area (Å²) in [7, 11) is 0. The maximum atomic E-state index is 12.2. The summed E-state index contributed by atoms with van der Waals surface area (Å²) in [6.07, 6.45) is 10.8. The van der Waals surface area contributed by atoms with Crippen molar-refractivity contribution in [2.45, 2.75) is 57.4 Å². The monoisotopic (exact) mass is 408 g/mol. The number of fused-ring (bicyclic) bond motifs is 1. The third-order valence-electron chi connectivity index (χ3n) is 6.69. The van der Waals surface area contributed by atoms with Crippen molar-refractivity contribution in [2.24, 2.45) is 5.41 Å². The molecule has 2 aliphatic carbocycles. The highest BCUT2D eigenvalue weighted by Gasteiger charge is 2.45. The van der Waals surface area contributed by atoms with Crippen LogP contribution < -0.4 is 5.32 Å². The van der Waals surface area contributed by atoms with Gasteiger partial charge in [0.1, 0.15) is 6.04 Å². The number of H-pyrrole nitrogens is 1. The third kappa shape index (κ3) is 4.04. The number of hydrogen-bond acceptors (Lipinski definition) is 6. The SMILES string of the molecule is CC(Nc1nnco1)C(=O)N1CCC2(CC1)CC2.c1cc(C2CC2)c2[nH]ncc2c1. The Morgan fingerprint density at radius 3 is 2.73 bits per heavy atom. The first-order chi connectivity index (χ1) is 14.6. The summed E-state index contributed by atoms with van der Waals surface area (Å²) >= 11 is 0. The first-order valence-corrected chi connectivity index (χ1v) is 10.9. The van der Waals surface area contributed by atoms with E-state index in [1.165, 1.54) is 48.5 Å². The van der Waals surface area contributed by atoms with Gasteiger partial charge in [-0.25, -0.2) is 0 Å². The van der Waals surface area contributed by atoms with Crippen molar-refractivity contribution in [3.63, 3.8) is 0 Å². The summed E-state index contributed by atoms with van der Waals surface area (Å²) in [5.74, 6) is 0.915. The maximum Gasteiger partial charge on any atom is 0.315 e. The molecule has 1 spiro atoms. The first kappa shape index (κ1) is 19.1. The Labute approximate surface area is 175 Å². The van der Waals surface area contributed by atoms with Gasteiger partial charge in [-0.15, -0.1) is 5.10 Å². The molecule has 2 N–H and O–H groups in total. The Hall–Kier alpha value is -2.90. The van der Waals surface area contributed by atoms with Crippen LogP contribution in [0.3, 0.4) is 0 Å². The van der Waals surface area contributed by atoms with E-state index in [0.717, 1.165) is 31.8 Å². The van der Waals surface area contributed by atoms with Crippen LogP contribution in [0.25, 0.3) is 10.9 Å². The Kier molecular flexibility index (Phi) is 4.92. The number of rotatable bonds is 4. The third-order valence-corrected chi connectivity index (χ3v) is 6.69. The zero-order valence-electron chi connectivity index (χ0n) is 17.3.